The van der Waals surface area contributed by atoms with E-state index in [9.17, 15) is 13.7 Å². The Hall–Kier alpha value is -1.42. The molecule has 1 saturated carbocycles. The average Bonchev–Trinajstić information content (AvgIpc) is 3.10. The van der Waals surface area contributed by atoms with Crippen LogP contribution in [-0.4, -0.2) is 32.9 Å². The van der Waals surface area contributed by atoms with Crippen LogP contribution in [-0.2, 0) is 10.0 Å². The highest BCUT2D eigenvalue weighted by Crippen LogP contribution is 2.56. The number of hydrogen-bond donors (Lipinski definition) is 0. The van der Waals surface area contributed by atoms with Gasteiger partial charge in [0.2, 0.25) is 10.0 Å². The summed E-state index contributed by atoms with van der Waals surface area (Å²) in [5.74, 6) is 0.103. The molecule has 0 aromatic heterocycles. The molecule has 1 atom stereocenters. The highest BCUT2D eigenvalue weighted by Gasteiger charge is 2.58. The van der Waals surface area contributed by atoms with E-state index in [4.69, 9.17) is 0 Å². The largest absolute Gasteiger partial charge is 0.243 e. The summed E-state index contributed by atoms with van der Waals surface area (Å²) < 4.78 is 30.3. The van der Waals surface area contributed by atoms with Gasteiger partial charge in [-0.2, -0.15) is 9.57 Å². The van der Waals surface area contributed by atoms with Crippen LogP contribution in [0.1, 0.15) is 92.6 Å². The van der Waals surface area contributed by atoms with Crippen molar-refractivity contribution in [2.75, 3.05) is 6.54 Å². The summed E-state index contributed by atoms with van der Waals surface area (Å²) in [6.45, 7) is 18.4. The molecule has 1 unspecified atom stereocenters. The number of allylic oxidation sites excluding steroid dienone is 1. The van der Waals surface area contributed by atoms with Gasteiger partial charge in [0.1, 0.15) is 8.07 Å². The lowest BCUT2D eigenvalue weighted by Crippen LogP contribution is -2.53. The van der Waals surface area contributed by atoms with E-state index in [1.165, 1.54) is 5.57 Å². The second-order valence-electron chi connectivity index (χ2n) is 11.8. The van der Waals surface area contributed by atoms with Crippen LogP contribution in [0.3, 0.4) is 0 Å². The first-order valence-corrected chi connectivity index (χ1v) is 17.3. The number of hydrogen-bond acceptors (Lipinski definition) is 3. The maximum Gasteiger partial charge on any atom is 0.243 e. The Morgan fingerprint density at radius 3 is 1.97 bits per heavy atom. The minimum absolute atomic E-state index is 0.103. The maximum atomic E-state index is 14.2. The summed E-state index contributed by atoms with van der Waals surface area (Å²) in [4.78, 5) is 0.378. The molecule has 1 saturated heterocycles. The minimum atomic E-state index is -3.68. The molecular formula is C29H46N2O2SSi. The molecule has 1 aromatic rings. The Kier molecular flexibility index (Phi) is 8.46. The molecule has 1 heterocycles. The minimum Gasteiger partial charge on any atom is -0.207 e. The van der Waals surface area contributed by atoms with Crippen molar-refractivity contribution in [2.45, 2.75) is 121 Å². The second kappa shape index (κ2) is 10.5. The van der Waals surface area contributed by atoms with Gasteiger partial charge in [-0.3, -0.25) is 0 Å². The molecule has 6 heteroatoms. The van der Waals surface area contributed by atoms with E-state index in [1.54, 1.807) is 12.1 Å². The second-order valence-corrected chi connectivity index (χ2v) is 19.5. The third-order valence-electron chi connectivity index (χ3n) is 9.24. The van der Waals surface area contributed by atoms with Crippen LogP contribution in [0.25, 0.3) is 0 Å². The molecule has 0 amide bonds. The van der Waals surface area contributed by atoms with Gasteiger partial charge in [0.05, 0.1) is 16.5 Å². The van der Waals surface area contributed by atoms with E-state index in [0.717, 1.165) is 49.3 Å². The Morgan fingerprint density at radius 1 is 1.03 bits per heavy atom. The van der Waals surface area contributed by atoms with Crippen molar-refractivity contribution in [3.63, 3.8) is 0 Å². The number of rotatable bonds is 7. The summed E-state index contributed by atoms with van der Waals surface area (Å²) in [5.41, 5.74) is 2.92. The van der Waals surface area contributed by atoms with Crippen molar-refractivity contribution in [1.29, 1.82) is 5.26 Å². The molecule has 2 aliphatic rings. The fraction of sp³-hybridized carbons (Fsp3) is 0.690. The van der Waals surface area contributed by atoms with Crippen LogP contribution in [0.4, 0.5) is 0 Å². The number of nitriles is 1. The predicted molar refractivity (Wildman–Crippen MR) is 148 cm³/mol. The van der Waals surface area contributed by atoms with Gasteiger partial charge >= 0.3 is 0 Å². The first kappa shape index (κ1) is 28.2. The normalized spacial score (nSPS) is 22.9. The maximum absolute atomic E-state index is 14.2. The van der Waals surface area contributed by atoms with Crippen molar-refractivity contribution >= 4 is 18.1 Å². The number of nitrogens with zero attached hydrogens (tertiary/aromatic N) is 2. The third kappa shape index (κ3) is 4.47. The van der Waals surface area contributed by atoms with Gasteiger partial charge in [-0.25, -0.2) is 8.42 Å². The van der Waals surface area contributed by atoms with E-state index in [-0.39, 0.29) is 5.92 Å². The topological polar surface area (TPSA) is 61.2 Å². The first-order valence-electron chi connectivity index (χ1n) is 13.7. The molecule has 1 aliphatic carbocycles. The summed E-state index contributed by atoms with van der Waals surface area (Å²) in [5, 5.41) is 11.9. The third-order valence-corrected chi connectivity index (χ3v) is 18.2. The smallest absolute Gasteiger partial charge is 0.207 e. The van der Waals surface area contributed by atoms with E-state index >= 15 is 0 Å². The fourth-order valence-corrected chi connectivity index (χ4v) is 16.5. The van der Waals surface area contributed by atoms with Gasteiger partial charge < -0.3 is 0 Å². The van der Waals surface area contributed by atoms with Crippen molar-refractivity contribution in [3.8, 4) is 6.07 Å². The van der Waals surface area contributed by atoms with Crippen LogP contribution in [0.5, 0.6) is 0 Å². The Labute approximate surface area is 215 Å². The van der Waals surface area contributed by atoms with Crippen molar-refractivity contribution in [2.24, 2.45) is 5.92 Å². The molecular weight excluding hydrogens is 468 g/mol. The van der Waals surface area contributed by atoms with E-state index in [2.05, 4.69) is 54.5 Å². The molecule has 0 N–H and O–H groups in total. The zero-order valence-corrected chi connectivity index (χ0v) is 25.0. The number of aryl methyl sites for hydroxylation is 1. The lowest BCUT2D eigenvalue weighted by Gasteiger charge is -2.48. The number of benzene rings is 1. The lowest BCUT2D eigenvalue weighted by molar-refractivity contribution is 0.203. The molecule has 35 heavy (non-hydrogen) atoms. The Bertz CT molecular complexity index is 1050. The molecule has 194 valence electrons. The Morgan fingerprint density at radius 2 is 1.54 bits per heavy atom. The van der Waals surface area contributed by atoms with Crippen LogP contribution in [0, 0.1) is 24.2 Å². The van der Waals surface area contributed by atoms with Crippen LogP contribution >= 0.6 is 0 Å². The lowest BCUT2D eigenvalue weighted by atomic mass is 9.74. The highest BCUT2D eigenvalue weighted by atomic mass is 32.2. The van der Waals surface area contributed by atoms with Crippen molar-refractivity contribution in [3.05, 3.63) is 40.6 Å². The van der Waals surface area contributed by atoms with Crippen molar-refractivity contribution in [1.82, 2.24) is 4.31 Å². The van der Waals surface area contributed by atoms with E-state index in [1.807, 2.05) is 23.4 Å². The standard InChI is InChI=1S/C29H46N2O2SSi/c1-9-25-20-31(34(32,33)26-15-13-24(8)14-16-26)29(17-11-10-12-18-29)28(25)27(19-30)35(21(2)3,22(4)5)23(6)7/h13-16,21-23,25H,9-12,17-18,20H2,1-8H3/b28-27-. The van der Waals surface area contributed by atoms with Gasteiger partial charge in [0.25, 0.3) is 0 Å². The highest BCUT2D eigenvalue weighted by molar-refractivity contribution is 7.89. The first-order chi connectivity index (χ1) is 16.4. The van der Waals surface area contributed by atoms with Crippen molar-refractivity contribution < 1.29 is 8.42 Å². The SMILES string of the molecule is CCC1CN(S(=O)(=O)c2ccc(C)cc2)C2(CCCCC2)/C1=C(/C#N)[Si](C(C)C)(C(C)C)C(C)C. The molecule has 2 fully saturated rings. The fourth-order valence-electron chi connectivity index (χ4n) is 7.83. The molecule has 0 radical (unpaired) electrons. The van der Waals surface area contributed by atoms with Gasteiger partial charge in [0.15, 0.2) is 0 Å². The van der Waals surface area contributed by atoms with Gasteiger partial charge in [-0.1, -0.05) is 85.4 Å². The number of sulfonamides is 1. The molecule has 1 aliphatic heterocycles. The van der Waals surface area contributed by atoms with Gasteiger partial charge in [-0.05, 0) is 66.4 Å². The zero-order valence-electron chi connectivity index (χ0n) is 23.2. The monoisotopic (exact) mass is 514 g/mol. The molecule has 0 bridgehead atoms. The summed E-state index contributed by atoms with van der Waals surface area (Å²) >= 11 is 0. The van der Waals surface area contributed by atoms with Crippen LogP contribution in [0.15, 0.2) is 39.9 Å². The molecule has 1 spiro atoms. The predicted octanol–water partition coefficient (Wildman–Crippen LogP) is 7.77. The summed E-state index contributed by atoms with van der Waals surface area (Å²) in [7, 11) is -5.95. The van der Waals surface area contributed by atoms with Gasteiger partial charge in [-0.15, -0.1) is 0 Å². The van der Waals surface area contributed by atoms with Crippen LogP contribution < -0.4 is 0 Å². The van der Waals surface area contributed by atoms with E-state index in [0.29, 0.717) is 28.1 Å². The molecule has 4 nitrogen and oxygen atoms in total. The van der Waals surface area contributed by atoms with E-state index < -0.39 is 23.6 Å². The van der Waals surface area contributed by atoms with Crippen LogP contribution in [0.2, 0.25) is 16.6 Å². The molecule has 3 rings (SSSR count). The Balaban J connectivity index is 2.37. The zero-order chi connectivity index (χ0) is 26.2. The average molecular weight is 515 g/mol. The molecule has 1 aromatic carbocycles. The summed E-state index contributed by atoms with van der Waals surface area (Å²) in [6, 6.07) is 10.1. The van der Waals surface area contributed by atoms with Gasteiger partial charge in [0, 0.05) is 11.7 Å². The quantitative estimate of drug-likeness (QED) is 0.276. The summed E-state index contributed by atoms with van der Waals surface area (Å²) in [6.07, 6.45) is 5.67.